The highest BCUT2D eigenvalue weighted by atomic mass is 28.3. The number of rotatable bonds is 14. The molecule has 1 aromatic heterocycles. The summed E-state index contributed by atoms with van der Waals surface area (Å²) in [5, 5.41) is 30.9. The third-order valence-electron chi connectivity index (χ3n) is 9.87. The molecule has 1 fully saturated rings. The summed E-state index contributed by atoms with van der Waals surface area (Å²) in [5.74, 6) is -0.130. The minimum atomic E-state index is -2.42. The molecular formula is C33H43N5O8Si. The number of methoxy groups -OCH3 is 2. The molecule has 3 heterocycles. The van der Waals surface area contributed by atoms with Crippen molar-refractivity contribution in [3.8, 4) is 5.75 Å². The number of nitro benzene ring substituents is 1. The van der Waals surface area contributed by atoms with E-state index in [1.807, 2.05) is 19.1 Å². The lowest BCUT2D eigenvalue weighted by molar-refractivity contribution is -0.385. The smallest absolute Gasteiger partial charge is 0.305 e. The van der Waals surface area contributed by atoms with Crippen molar-refractivity contribution in [1.29, 1.82) is 0 Å². The lowest BCUT2D eigenvalue weighted by atomic mass is 9.82. The number of carbonyl (C=O) groups is 2. The van der Waals surface area contributed by atoms with Crippen molar-refractivity contribution in [2.75, 3.05) is 32.3 Å². The highest BCUT2D eigenvalue weighted by molar-refractivity contribution is 6.91. The van der Waals surface area contributed by atoms with Gasteiger partial charge in [-0.25, -0.2) is 0 Å². The van der Waals surface area contributed by atoms with E-state index in [-0.39, 0.29) is 48.2 Å². The molecule has 0 saturated carbocycles. The zero-order chi connectivity index (χ0) is 33.9. The Morgan fingerprint density at radius 3 is 2.55 bits per heavy atom. The molecule has 5 rings (SSSR count). The van der Waals surface area contributed by atoms with E-state index in [0.29, 0.717) is 55.7 Å². The van der Waals surface area contributed by atoms with Gasteiger partial charge in [-0.1, -0.05) is 42.6 Å². The van der Waals surface area contributed by atoms with Crippen LogP contribution in [-0.4, -0.2) is 78.4 Å². The molecule has 1 N–H and O–H groups in total. The number of amides is 1. The van der Waals surface area contributed by atoms with Crippen molar-refractivity contribution >= 4 is 36.5 Å². The van der Waals surface area contributed by atoms with Crippen LogP contribution < -0.4 is 14.8 Å². The van der Waals surface area contributed by atoms with E-state index in [1.165, 1.54) is 24.4 Å². The van der Waals surface area contributed by atoms with Gasteiger partial charge in [0.05, 0.1) is 44.7 Å². The fraction of sp³-hybridized carbons (Fsp3) is 0.515. The average Bonchev–Trinajstić information content (AvgIpc) is 3.71. The highest BCUT2D eigenvalue weighted by Crippen LogP contribution is 2.60. The molecule has 14 heteroatoms. The Balaban J connectivity index is 1.55. The van der Waals surface area contributed by atoms with E-state index >= 15 is 0 Å². The maximum atomic E-state index is 14.7. The minimum absolute atomic E-state index is 0.0268. The molecule has 3 aromatic rings. The number of non-ortho nitro benzene ring substituents is 1. The van der Waals surface area contributed by atoms with E-state index in [0.717, 1.165) is 5.75 Å². The topological polar surface area (TPSA) is 159 Å². The first-order valence-electron chi connectivity index (χ1n) is 16.0. The molecule has 1 spiro atoms. The van der Waals surface area contributed by atoms with Crippen LogP contribution in [0.4, 0.5) is 11.4 Å². The van der Waals surface area contributed by atoms with Gasteiger partial charge in [-0.3, -0.25) is 24.4 Å². The Morgan fingerprint density at radius 1 is 1.15 bits per heavy atom. The number of nitro groups is 1. The molecule has 2 aliphatic heterocycles. The van der Waals surface area contributed by atoms with Gasteiger partial charge in [0.25, 0.3) is 11.6 Å². The number of aryl methyl sites for hydroxylation is 1. The number of hydrogen-bond acceptors (Lipinski definition) is 10. The number of ether oxygens (including phenoxy) is 3. The molecule has 0 unspecified atom stereocenters. The van der Waals surface area contributed by atoms with Crippen LogP contribution in [0.15, 0.2) is 48.7 Å². The maximum absolute atomic E-state index is 14.7. The van der Waals surface area contributed by atoms with Crippen LogP contribution in [0.1, 0.15) is 43.9 Å². The van der Waals surface area contributed by atoms with E-state index < -0.39 is 18.6 Å². The van der Waals surface area contributed by atoms with Gasteiger partial charge < -0.3 is 24.2 Å². The number of unbranched alkanes of at least 4 members (excludes halogenated alkanes) is 1. The molecule has 0 radical (unpaired) electrons. The molecule has 13 nitrogen and oxygen atoms in total. The van der Waals surface area contributed by atoms with Gasteiger partial charge in [0.1, 0.15) is 5.75 Å². The van der Waals surface area contributed by atoms with E-state index in [2.05, 4.69) is 35.5 Å². The summed E-state index contributed by atoms with van der Waals surface area (Å²) in [6, 6.07) is 12.6. The first kappa shape index (κ1) is 34.2. The lowest BCUT2D eigenvalue weighted by Gasteiger charge is -2.37. The molecule has 1 amide bonds. The Hall–Kier alpha value is -4.14. The number of benzene rings is 2. The van der Waals surface area contributed by atoms with Crippen LogP contribution in [0.25, 0.3) is 0 Å². The van der Waals surface area contributed by atoms with E-state index in [1.54, 1.807) is 29.0 Å². The summed E-state index contributed by atoms with van der Waals surface area (Å²) in [6.07, 6.45) is 3.67. The summed E-state index contributed by atoms with van der Waals surface area (Å²) in [6.45, 7) is 7.37. The number of aliphatic hydroxyl groups excluding tert-OH is 1. The molecule has 2 aromatic carbocycles. The Morgan fingerprint density at radius 2 is 1.89 bits per heavy atom. The number of nitrogens with zero attached hydrogens (tertiary/aromatic N) is 5. The predicted octanol–water partition coefficient (Wildman–Crippen LogP) is 3.73. The quantitative estimate of drug-likeness (QED) is 0.0884. The Bertz CT molecular complexity index is 1610. The first-order valence-corrected chi connectivity index (χ1v) is 19.1. The van der Waals surface area contributed by atoms with E-state index in [4.69, 9.17) is 14.2 Å². The Kier molecular flexibility index (Phi) is 10.1. The third kappa shape index (κ3) is 6.41. The molecule has 252 valence electrons. The maximum Gasteiger partial charge on any atom is 0.305 e. The number of aliphatic hydroxyl groups is 1. The fourth-order valence-corrected chi connectivity index (χ4v) is 11.5. The summed E-state index contributed by atoms with van der Waals surface area (Å²) >= 11 is 0. The number of fused-ring (bicyclic) bond motifs is 2. The zero-order valence-corrected chi connectivity index (χ0v) is 28.5. The SMILES string of the molecule is COC(=O)CCCCN1C(=O)[C@]2(O[C@H](CCn3cc(CCO)nn3)[C@@H]([Si](C)(C)c3ccc(OC)cc3)[C@@H]2C)c2cc([N+](=O)[O-])ccc21. The highest BCUT2D eigenvalue weighted by Gasteiger charge is 2.66. The third-order valence-corrected chi connectivity index (χ3v) is 14.2. The van der Waals surface area contributed by atoms with Gasteiger partial charge in [0.2, 0.25) is 0 Å². The average molecular weight is 666 g/mol. The van der Waals surface area contributed by atoms with Crippen LogP contribution in [0.2, 0.25) is 18.6 Å². The first-order chi connectivity index (χ1) is 22.5. The van der Waals surface area contributed by atoms with Crippen LogP contribution in [0.5, 0.6) is 5.75 Å². The minimum Gasteiger partial charge on any atom is -0.497 e. The van der Waals surface area contributed by atoms with Gasteiger partial charge in [-0.2, -0.15) is 0 Å². The van der Waals surface area contributed by atoms with Gasteiger partial charge in [-0.15, -0.1) is 5.10 Å². The standard InChI is InChI=1S/C33H43N5O8Si/c1-22-31(47(4,5)26-12-10-25(44-2)11-13-26)29(15-18-36-21-23(16-19-39)34-35-36)46-33(22)27-20-24(38(42)43)9-14-28(27)37(32(33)41)17-7-6-8-30(40)45-3/h9-14,20-22,29,31,39H,6-8,15-19H2,1-5H3/t22-,29+,31-,33+/m0/s1. The molecule has 0 aliphatic carbocycles. The van der Waals surface area contributed by atoms with Gasteiger partial charge in [-0.05, 0) is 43.0 Å². The molecular weight excluding hydrogens is 622 g/mol. The second-order valence-corrected chi connectivity index (χ2v) is 17.5. The van der Waals surface area contributed by atoms with Crippen LogP contribution in [0, 0.1) is 16.0 Å². The van der Waals surface area contributed by atoms with Crippen LogP contribution in [-0.2, 0) is 37.6 Å². The van der Waals surface area contributed by atoms with Crippen LogP contribution >= 0.6 is 0 Å². The van der Waals surface area contributed by atoms with Gasteiger partial charge in [0, 0.05) is 62.3 Å². The molecule has 1 saturated heterocycles. The van der Waals surface area contributed by atoms with Crippen molar-refractivity contribution in [2.24, 2.45) is 5.92 Å². The van der Waals surface area contributed by atoms with Crippen molar-refractivity contribution in [2.45, 2.75) is 75.9 Å². The number of carbonyl (C=O) groups excluding carboxylic acids is 2. The number of aromatic nitrogens is 3. The second-order valence-electron chi connectivity index (χ2n) is 12.8. The second kappa shape index (κ2) is 13.9. The van der Waals surface area contributed by atoms with E-state index in [9.17, 15) is 24.8 Å². The number of hydrogen-bond donors (Lipinski definition) is 1. The lowest BCUT2D eigenvalue weighted by Crippen LogP contribution is -2.52. The van der Waals surface area contributed by atoms with Crippen molar-refractivity contribution < 1.29 is 33.8 Å². The van der Waals surface area contributed by atoms with Gasteiger partial charge >= 0.3 is 5.97 Å². The molecule has 4 atom stereocenters. The predicted molar refractivity (Wildman–Crippen MR) is 176 cm³/mol. The summed E-state index contributed by atoms with van der Waals surface area (Å²) in [7, 11) is 0.556. The molecule has 47 heavy (non-hydrogen) atoms. The van der Waals surface area contributed by atoms with Crippen molar-refractivity contribution in [3.05, 3.63) is 70.0 Å². The molecule has 0 bridgehead atoms. The summed E-state index contributed by atoms with van der Waals surface area (Å²) in [5.41, 5.74) is 0.190. The number of anilines is 1. The molecule has 2 aliphatic rings. The zero-order valence-electron chi connectivity index (χ0n) is 27.5. The summed E-state index contributed by atoms with van der Waals surface area (Å²) < 4.78 is 19.0. The Labute approximate surface area is 275 Å². The van der Waals surface area contributed by atoms with Crippen molar-refractivity contribution in [1.82, 2.24) is 15.0 Å². The normalized spacial score (nSPS) is 22.1. The fourth-order valence-electron chi connectivity index (χ4n) is 7.48. The van der Waals surface area contributed by atoms with Crippen LogP contribution in [0.3, 0.4) is 0 Å². The largest absolute Gasteiger partial charge is 0.497 e. The van der Waals surface area contributed by atoms with Crippen molar-refractivity contribution in [3.63, 3.8) is 0 Å². The summed E-state index contributed by atoms with van der Waals surface area (Å²) in [4.78, 5) is 39.7. The van der Waals surface area contributed by atoms with Gasteiger partial charge in [0.15, 0.2) is 5.60 Å². The number of esters is 1. The monoisotopic (exact) mass is 665 g/mol.